The third kappa shape index (κ3) is 2.53. The number of nitrogens with zero attached hydrogens (tertiary/aromatic N) is 3. The number of aldehydes is 1. The summed E-state index contributed by atoms with van der Waals surface area (Å²) < 4.78 is 0. The quantitative estimate of drug-likeness (QED) is 0.810. The molecule has 110 valence electrons. The standard InChI is InChI=1S/C16H19N3OS/c1-3-6-12-15(11-20)21-16(17-12)19-10-9-18(2)13-7-4-5-8-14(13)19/h4-5,7-8,11H,3,6,9-10H2,1-2H3. The molecule has 0 bridgehead atoms. The molecule has 0 radical (unpaired) electrons. The number of thiazole rings is 1. The lowest BCUT2D eigenvalue weighted by atomic mass is 10.2. The van der Waals surface area contributed by atoms with E-state index in [2.05, 4.69) is 42.0 Å². The molecule has 0 aliphatic carbocycles. The fourth-order valence-corrected chi connectivity index (χ4v) is 3.64. The maximum Gasteiger partial charge on any atom is 0.190 e. The van der Waals surface area contributed by atoms with Crippen molar-refractivity contribution in [2.75, 3.05) is 29.9 Å². The zero-order chi connectivity index (χ0) is 14.8. The van der Waals surface area contributed by atoms with Crippen LogP contribution in [0.5, 0.6) is 0 Å². The first-order valence-corrected chi connectivity index (χ1v) is 8.08. The lowest BCUT2D eigenvalue weighted by Gasteiger charge is -2.35. The topological polar surface area (TPSA) is 36.4 Å². The molecule has 2 aromatic rings. The minimum atomic E-state index is 0.767. The molecule has 0 fully saturated rings. The fraction of sp³-hybridized carbons (Fsp3) is 0.375. The van der Waals surface area contributed by atoms with Crippen molar-refractivity contribution in [3.63, 3.8) is 0 Å². The average Bonchev–Trinajstić information content (AvgIpc) is 2.91. The average molecular weight is 301 g/mol. The fourth-order valence-electron chi connectivity index (χ4n) is 2.68. The van der Waals surface area contributed by atoms with Crippen molar-refractivity contribution < 1.29 is 4.79 Å². The van der Waals surface area contributed by atoms with Gasteiger partial charge in [0.15, 0.2) is 11.4 Å². The van der Waals surface area contributed by atoms with Crippen LogP contribution in [0.15, 0.2) is 24.3 Å². The molecule has 0 saturated carbocycles. The Morgan fingerprint density at radius 2 is 2.05 bits per heavy atom. The number of fused-ring (bicyclic) bond motifs is 1. The maximum atomic E-state index is 11.2. The van der Waals surface area contributed by atoms with Gasteiger partial charge in [0, 0.05) is 20.1 Å². The summed E-state index contributed by atoms with van der Waals surface area (Å²) in [5, 5.41) is 0.932. The molecule has 1 aliphatic rings. The first-order chi connectivity index (χ1) is 10.2. The molecule has 2 heterocycles. The number of hydrogen-bond acceptors (Lipinski definition) is 5. The van der Waals surface area contributed by atoms with E-state index in [-0.39, 0.29) is 0 Å². The summed E-state index contributed by atoms with van der Waals surface area (Å²) in [6, 6.07) is 8.35. The van der Waals surface area contributed by atoms with Crippen LogP contribution in [0, 0.1) is 0 Å². The number of likely N-dealkylation sites (N-methyl/N-ethyl adjacent to an activating group) is 1. The summed E-state index contributed by atoms with van der Waals surface area (Å²) in [4.78, 5) is 21.2. The molecule has 5 heteroatoms. The van der Waals surface area contributed by atoms with E-state index in [0.29, 0.717) is 0 Å². The first-order valence-electron chi connectivity index (χ1n) is 7.27. The predicted molar refractivity (Wildman–Crippen MR) is 88.2 cm³/mol. The van der Waals surface area contributed by atoms with Crippen molar-refractivity contribution in [1.29, 1.82) is 0 Å². The van der Waals surface area contributed by atoms with Crippen molar-refractivity contribution in [3.8, 4) is 0 Å². The highest BCUT2D eigenvalue weighted by atomic mass is 32.1. The van der Waals surface area contributed by atoms with E-state index in [9.17, 15) is 4.79 Å². The monoisotopic (exact) mass is 301 g/mol. The number of carbonyl (C=O) groups is 1. The van der Waals surface area contributed by atoms with Crippen molar-refractivity contribution in [3.05, 3.63) is 34.8 Å². The molecule has 4 nitrogen and oxygen atoms in total. The molecule has 21 heavy (non-hydrogen) atoms. The summed E-state index contributed by atoms with van der Waals surface area (Å²) in [6.07, 6.45) is 2.80. The Morgan fingerprint density at radius 1 is 1.29 bits per heavy atom. The summed E-state index contributed by atoms with van der Waals surface area (Å²) in [7, 11) is 2.11. The zero-order valence-electron chi connectivity index (χ0n) is 12.4. The van der Waals surface area contributed by atoms with E-state index in [4.69, 9.17) is 4.98 Å². The molecular weight excluding hydrogens is 282 g/mol. The SMILES string of the molecule is CCCc1nc(N2CCN(C)c3ccccc32)sc1C=O. The molecular formula is C16H19N3OS. The Hall–Kier alpha value is -1.88. The zero-order valence-corrected chi connectivity index (χ0v) is 13.2. The largest absolute Gasteiger partial charge is 0.371 e. The number of carbonyl (C=O) groups excluding carboxylic acids is 1. The second-order valence-corrected chi connectivity index (χ2v) is 6.25. The predicted octanol–water partition coefficient (Wildman–Crippen LogP) is 3.50. The van der Waals surface area contributed by atoms with Crippen LogP contribution in [0.1, 0.15) is 28.7 Å². The smallest absolute Gasteiger partial charge is 0.190 e. The summed E-state index contributed by atoms with van der Waals surface area (Å²) in [5.41, 5.74) is 3.31. The highest BCUT2D eigenvalue weighted by Crippen LogP contribution is 2.39. The third-order valence-corrected chi connectivity index (χ3v) is 4.83. The second-order valence-electron chi connectivity index (χ2n) is 5.24. The van der Waals surface area contributed by atoms with Gasteiger partial charge in [-0.05, 0) is 18.6 Å². The van der Waals surface area contributed by atoms with Crippen LogP contribution >= 0.6 is 11.3 Å². The molecule has 0 spiro atoms. The van der Waals surface area contributed by atoms with Crippen LogP contribution in [0.3, 0.4) is 0 Å². The molecule has 1 aromatic heterocycles. The minimum absolute atomic E-state index is 0.767. The molecule has 0 N–H and O–H groups in total. The Kier molecular flexibility index (Phi) is 3.92. The van der Waals surface area contributed by atoms with Crippen LogP contribution in [0.2, 0.25) is 0 Å². The molecule has 1 aliphatic heterocycles. The molecule has 0 atom stereocenters. The van der Waals surface area contributed by atoms with Crippen molar-refractivity contribution >= 4 is 34.1 Å². The molecule has 0 unspecified atom stereocenters. The number of aryl methyl sites for hydroxylation is 1. The van der Waals surface area contributed by atoms with E-state index in [1.54, 1.807) is 0 Å². The highest BCUT2D eigenvalue weighted by molar-refractivity contribution is 7.17. The van der Waals surface area contributed by atoms with Gasteiger partial charge in [0.05, 0.1) is 21.9 Å². The van der Waals surface area contributed by atoms with Crippen LogP contribution in [0.25, 0.3) is 0 Å². The van der Waals surface area contributed by atoms with E-state index in [1.807, 2.05) is 6.07 Å². The lowest BCUT2D eigenvalue weighted by molar-refractivity contribution is 0.112. The number of para-hydroxylation sites is 2. The van der Waals surface area contributed by atoms with Gasteiger partial charge < -0.3 is 9.80 Å². The van der Waals surface area contributed by atoms with Crippen molar-refractivity contribution in [2.24, 2.45) is 0 Å². The van der Waals surface area contributed by atoms with Gasteiger partial charge in [0.1, 0.15) is 0 Å². The van der Waals surface area contributed by atoms with Gasteiger partial charge in [-0.15, -0.1) is 0 Å². The van der Waals surface area contributed by atoms with E-state index < -0.39 is 0 Å². The van der Waals surface area contributed by atoms with Crippen LogP contribution in [0.4, 0.5) is 16.5 Å². The van der Waals surface area contributed by atoms with Crippen LogP contribution in [-0.4, -0.2) is 31.4 Å². The minimum Gasteiger partial charge on any atom is -0.371 e. The van der Waals surface area contributed by atoms with Gasteiger partial charge in [-0.2, -0.15) is 0 Å². The lowest BCUT2D eigenvalue weighted by Crippen LogP contribution is -2.36. The van der Waals surface area contributed by atoms with Gasteiger partial charge in [-0.3, -0.25) is 4.79 Å². The van der Waals surface area contributed by atoms with Gasteiger partial charge in [-0.1, -0.05) is 36.8 Å². The van der Waals surface area contributed by atoms with Crippen molar-refractivity contribution in [2.45, 2.75) is 19.8 Å². The molecule has 1 aromatic carbocycles. The third-order valence-electron chi connectivity index (χ3n) is 3.78. The van der Waals surface area contributed by atoms with Crippen molar-refractivity contribution in [1.82, 2.24) is 4.98 Å². The van der Waals surface area contributed by atoms with E-state index in [0.717, 1.165) is 47.9 Å². The summed E-state index contributed by atoms with van der Waals surface area (Å²) >= 11 is 1.50. The Balaban J connectivity index is 2.01. The normalized spacial score (nSPS) is 14.2. The number of anilines is 3. The number of aromatic nitrogens is 1. The van der Waals surface area contributed by atoms with Gasteiger partial charge in [-0.25, -0.2) is 4.98 Å². The second kappa shape index (κ2) is 5.85. The summed E-state index contributed by atoms with van der Waals surface area (Å²) in [6.45, 7) is 3.96. The number of rotatable bonds is 4. The molecule has 0 saturated heterocycles. The Morgan fingerprint density at radius 3 is 2.76 bits per heavy atom. The van der Waals surface area contributed by atoms with Gasteiger partial charge in [0.2, 0.25) is 0 Å². The Bertz CT molecular complexity index is 653. The number of benzene rings is 1. The van der Waals surface area contributed by atoms with E-state index in [1.165, 1.54) is 22.7 Å². The number of hydrogen-bond donors (Lipinski definition) is 0. The maximum absolute atomic E-state index is 11.2. The van der Waals surface area contributed by atoms with Crippen LogP contribution < -0.4 is 9.80 Å². The molecule has 3 rings (SSSR count). The van der Waals surface area contributed by atoms with Gasteiger partial charge in [0.25, 0.3) is 0 Å². The summed E-state index contributed by atoms with van der Waals surface area (Å²) in [5.74, 6) is 0. The van der Waals surface area contributed by atoms with E-state index >= 15 is 0 Å². The Labute approximate surface area is 129 Å². The highest BCUT2D eigenvalue weighted by Gasteiger charge is 2.24. The van der Waals surface area contributed by atoms with Gasteiger partial charge >= 0.3 is 0 Å². The van der Waals surface area contributed by atoms with Crippen LogP contribution in [-0.2, 0) is 6.42 Å². The molecule has 0 amide bonds. The first kappa shape index (κ1) is 14.1.